The van der Waals surface area contributed by atoms with Crippen molar-refractivity contribution in [3.63, 3.8) is 0 Å². The minimum absolute atomic E-state index is 0.357. The number of likely N-dealkylation sites (tertiary alicyclic amines) is 1. The normalized spacial score (nSPS) is 29.1. The van der Waals surface area contributed by atoms with Crippen LogP contribution in [-0.4, -0.2) is 60.5 Å². The zero-order chi connectivity index (χ0) is 17.1. The molecular formula is C21H32N2O2. The van der Waals surface area contributed by atoms with E-state index in [0.717, 1.165) is 19.6 Å². The summed E-state index contributed by atoms with van der Waals surface area (Å²) >= 11 is 0. The summed E-state index contributed by atoms with van der Waals surface area (Å²) in [6, 6.07) is 12.0. The Morgan fingerprint density at radius 3 is 2.32 bits per heavy atom. The average Bonchev–Trinajstić information content (AvgIpc) is 2.92. The molecule has 1 unspecified atom stereocenters. The maximum Gasteiger partial charge on any atom is 0.0900 e. The van der Waals surface area contributed by atoms with Gasteiger partial charge < -0.3 is 14.7 Å². The monoisotopic (exact) mass is 344 g/mol. The Labute approximate surface area is 151 Å². The molecule has 4 heteroatoms. The molecule has 1 N–H and O–H groups in total. The fourth-order valence-electron chi connectivity index (χ4n) is 4.99. The third-order valence-corrected chi connectivity index (χ3v) is 6.16. The second-order valence-electron chi connectivity index (χ2n) is 8.09. The summed E-state index contributed by atoms with van der Waals surface area (Å²) in [5, 5.41) is 10.4. The van der Waals surface area contributed by atoms with Gasteiger partial charge in [-0.05, 0) is 37.8 Å². The number of hydrogen-bond acceptors (Lipinski definition) is 4. The van der Waals surface area contributed by atoms with E-state index in [2.05, 4.69) is 40.1 Å². The number of rotatable bonds is 6. The fraction of sp³-hybridized carbons (Fsp3) is 0.714. The highest BCUT2D eigenvalue weighted by atomic mass is 16.5. The summed E-state index contributed by atoms with van der Waals surface area (Å²) < 4.78 is 5.96. The molecule has 3 aliphatic rings. The molecule has 1 saturated carbocycles. The third-order valence-electron chi connectivity index (χ3n) is 6.16. The standard InChI is InChI=1S/C21H32N2O2/c24-20(16-25-21-9-5-2-6-10-21)15-22-13-18-11-12-19(14-22)23(18)17-7-3-1-4-8-17/h1,3-4,7-8,18-21,24H,2,5-6,9-16H2/t18-,19+,20?. The lowest BCUT2D eigenvalue weighted by molar-refractivity contribution is -0.0348. The zero-order valence-electron chi connectivity index (χ0n) is 15.2. The number of ether oxygens (including phenoxy) is 1. The first-order chi connectivity index (χ1) is 12.3. The minimum Gasteiger partial charge on any atom is -0.389 e. The first kappa shape index (κ1) is 17.3. The van der Waals surface area contributed by atoms with Crippen LogP contribution in [0.4, 0.5) is 5.69 Å². The molecule has 0 aromatic heterocycles. The van der Waals surface area contributed by atoms with Crippen molar-refractivity contribution >= 4 is 5.69 Å². The van der Waals surface area contributed by atoms with Crippen LogP contribution in [0.3, 0.4) is 0 Å². The molecule has 0 amide bonds. The quantitative estimate of drug-likeness (QED) is 0.860. The minimum atomic E-state index is -0.357. The Morgan fingerprint density at radius 2 is 1.64 bits per heavy atom. The van der Waals surface area contributed by atoms with Gasteiger partial charge in [-0.3, -0.25) is 4.90 Å². The van der Waals surface area contributed by atoms with Crippen LogP contribution in [0.5, 0.6) is 0 Å². The highest BCUT2D eigenvalue weighted by Crippen LogP contribution is 2.34. The predicted molar refractivity (Wildman–Crippen MR) is 101 cm³/mol. The number of hydrogen-bond donors (Lipinski definition) is 1. The van der Waals surface area contributed by atoms with Crippen LogP contribution < -0.4 is 4.90 Å². The second kappa shape index (κ2) is 8.07. The molecule has 0 spiro atoms. The summed E-state index contributed by atoms with van der Waals surface area (Å²) in [5.74, 6) is 0. The van der Waals surface area contributed by atoms with Gasteiger partial charge >= 0.3 is 0 Å². The number of aliphatic hydroxyl groups excluding tert-OH is 1. The zero-order valence-corrected chi connectivity index (χ0v) is 15.2. The van der Waals surface area contributed by atoms with Crippen molar-refractivity contribution in [1.29, 1.82) is 0 Å². The maximum absolute atomic E-state index is 10.4. The molecule has 1 aromatic rings. The summed E-state index contributed by atoms with van der Waals surface area (Å²) in [6.45, 7) is 3.37. The van der Waals surface area contributed by atoms with E-state index in [1.807, 2.05) is 0 Å². The van der Waals surface area contributed by atoms with E-state index in [9.17, 15) is 5.11 Å². The first-order valence-corrected chi connectivity index (χ1v) is 10.1. The Hall–Kier alpha value is -1.10. The van der Waals surface area contributed by atoms with Crippen LogP contribution in [0.15, 0.2) is 30.3 Å². The van der Waals surface area contributed by atoms with E-state index in [0.29, 0.717) is 24.8 Å². The molecule has 2 saturated heterocycles. The van der Waals surface area contributed by atoms with Crippen LogP contribution in [0.25, 0.3) is 0 Å². The molecule has 3 fully saturated rings. The van der Waals surface area contributed by atoms with Crippen LogP contribution in [0, 0.1) is 0 Å². The van der Waals surface area contributed by atoms with Gasteiger partial charge in [0.05, 0.1) is 18.8 Å². The largest absolute Gasteiger partial charge is 0.389 e. The molecule has 0 radical (unpaired) electrons. The van der Waals surface area contributed by atoms with Crippen molar-refractivity contribution in [2.45, 2.75) is 69.2 Å². The van der Waals surface area contributed by atoms with Gasteiger partial charge in [0.15, 0.2) is 0 Å². The van der Waals surface area contributed by atoms with E-state index in [-0.39, 0.29) is 6.10 Å². The molecule has 138 valence electrons. The Morgan fingerprint density at radius 1 is 0.960 bits per heavy atom. The van der Waals surface area contributed by atoms with Crippen LogP contribution in [0.1, 0.15) is 44.9 Å². The first-order valence-electron chi connectivity index (χ1n) is 10.1. The average molecular weight is 344 g/mol. The lowest BCUT2D eigenvalue weighted by Crippen LogP contribution is -2.55. The van der Waals surface area contributed by atoms with Crippen LogP contribution in [-0.2, 0) is 4.74 Å². The van der Waals surface area contributed by atoms with Gasteiger partial charge in [0.25, 0.3) is 0 Å². The Kier molecular flexibility index (Phi) is 5.59. The lowest BCUT2D eigenvalue weighted by atomic mass is 9.98. The maximum atomic E-state index is 10.4. The number of anilines is 1. The van der Waals surface area contributed by atoms with E-state index in [4.69, 9.17) is 4.74 Å². The van der Waals surface area contributed by atoms with Gasteiger partial charge in [0.1, 0.15) is 0 Å². The van der Waals surface area contributed by atoms with Gasteiger partial charge in [-0.2, -0.15) is 0 Å². The third kappa shape index (κ3) is 4.18. The molecule has 4 rings (SSSR count). The van der Waals surface area contributed by atoms with Gasteiger partial charge in [0, 0.05) is 37.4 Å². The van der Waals surface area contributed by atoms with E-state index < -0.39 is 0 Å². The number of piperazine rings is 1. The molecule has 4 nitrogen and oxygen atoms in total. The number of aliphatic hydroxyl groups is 1. The van der Waals surface area contributed by atoms with Gasteiger partial charge in [-0.15, -0.1) is 0 Å². The highest BCUT2D eigenvalue weighted by molar-refractivity contribution is 5.50. The number of nitrogens with zero attached hydrogens (tertiary/aromatic N) is 2. The number of β-amino-alcohol motifs (C(OH)–C–C–N with tert-alkyl or cyclic N) is 1. The summed E-state index contributed by atoms with van der Waals surface area (Å²) in [5.41, 5.74) is 1.36. The van der Waals surface area contributed by atoms with Gasteiger partial charge in [-0.25, -0.2) is 0 Å². The van der Waals surface area contributed by atoms with Crippen molar-refractivity contribution in [3.8, 4) is 0 Å². The number of benzene rings is 1. The number of para-hydroxylation sites is 1. The van der Waals surface area contributed by atoms with Crippen molar-refractivity contribution in [1.82, 2.24) is 4.90 Å². The van der Waals surface area contributed by atoms with E-state index in [1.165, 1.54) is 50.6 Å². The molecule has 2 bridgehead atoms. The van der Waals surface area contributed by atoms with Gasteiger partial charge in [-0.1, -0.05) is 37.5 Å². The van der Waals surface area contributed by atoms with Crippen molar-refractivity contribution in [2.75, 3.05) is 31.1 Å². The topological polar surface area (TPSA) is 35.9 Å². The van der Waals surface area contributed by atoms with Crippen molar-refractivity contribution < 1.29 is 9.84 Å². The summed E-state index contributed by atoms with van der Waals surface area (Å²) in [7, 11) is 0. The highest BCUT2D eigenvalue weighted by Gasteiger charge is 2.40. The van der Waals surface area contributed by atoms with E-state index >= 15 is 0 Å². The Balaban J connectivity index is 1.26. The second-order valence-corrected chi connectivity index (χ2v) is 8.09. The predicted octanol–water partition coefficient (Wildman–Crippen LogP) is 3.05. The fourth-order valence-corrected chi connectivity index (χ4v) is 4.99. The lowest BCUT2D eigenvalue weighted by Gasteiger charge is -2.43. The van der Waals surface area contributed by atoms with Crippen LogP contribution in [0.2, 0.25) is 0 Å². The SMILES string of the molecule is OC(COC1CCCCC1)CN1C[C@H]2CC[C@@H](C1)N2c1ccccc1. The van der Waals surface area contributed by atoms with Crippen molar-refractivity contribution in [2.24, 2.45) is 0 Å². The molecule has 25 heavy (non-hydrogen) atoms. The molecule has 2 aliphatic heterocycles. The van der Waals surface area contributed by atoms with E-state index in [1.54, 1.807) is 0 Å². The smallest absolute Gasteiger partial charge is 0.0900 e. The molecule has 3 atom stereocenters. The van der Waals surface area contributed by atoms with Crippen LogP contribution >= 0.6 is 0 Å². The summed E-state index contributed by atoms with van der Waals surface area (Å²) in [6.07, 6.45) is 8.82. The number of fused-ring (bicyclic) bond motifs is 2. The molecular weight excluding hydrogens is 312 g/mol. The van der Waals surface area contributed by atoms with Crippen molar-refractivity contribution in [3.05, 3.63) is 30.3 Å². The Bertz CT molecular complexity index is 518. The molecule has 1 aliphatic carbocycles. The molecule has 1 aromatic carbocycles. The van der Waals surface area contributed by atoms with Gasteiger partial charge in [0.2, 0.25) is 0 Å². The molecule has 2 heterocycles. The summed E-state index contributed by atoms with van der Waals surface area (Å²) in [4.78, 5) is 5.07.